The number of nitrogens with zero attached hydrogens (tertiary/aromatic N) is 3. The van der Waals surface area contributed by atoms with Crippen LogP contribution in [0.5, 0.6) is 5.75 Å². The van der Waals surface area contributed by atoms with Crippen LogP contribution in [0.25, 0.3) is 22.3 Å². The third-order valence-corrected chi connectivity index (χ3v) is 7.23. The minimum atomic E-state index is -0.519. The summed E-state index contributed by atoms with van der Waals surface area (Å²) in [5.74, 6) is -0.0453. The molecule has 0 spiro atoms. The molecule has 4 aromatic carbocycles. The average Bonchev–Trinajstić information content (AvgIpc) is 2.94. The van der Waals surface area contributed by atoms with Crippen LogP contribution in [-0.4, -0.2) is 28.4 Å². The van der Waals surface area contributed by atoms with Gasteiger partial charge in [0, 0.05) is 5.56 Å². The summed E-state index contributed by atoms with van der Waals surface area (Å²) in [7, 11) is 0. The average molecular weight is 744 g/mol. The maximum absolute atomic E-state index is 13.8. The molecule has 0 saturated heterocycles. The van der Waals surface area contributed by atoms with E-state index in [9.17, 15) is 14.0 Å². The van der Waals surface area contributed by atoms with Crippen LogP contribution in [-0.2, 0) is 4.79 Å². The first-order chi connectivity index (χ1) is 18.9. The highest BCUT2D eigenvalue weighted by atomic mass is 127. The molecule has 0 atom stereocenters. The Morgan fingerprint density at radius 2 is 1.64 bits per heavy atom. The summed E-state index contributed by atoms with van der Waals surface area (Å²) in [5, 5.41) is 7.48. The molecule has 7 nitrogen and oxygen atoms in total. The van der Waals surface area contributed by atoms with Crippen molar-refractivity contribution in [2.24, 2.45) is 5.10 Å². The fourth-order valence-corrected chi connectivity index (χ4v) is 5.94. The molecule has 0 aliphatic rings. The molecule has 0 fully saturated rings. The Balaban J connectivity index is 1.40. The number of carbonyl (C=O) groups is 1. The number of anilines is 1. The van der Waals surface area contributed by atoms with Crippen molar-refractivity contribution in [2.75, 3.05) is 11.9 Å². The lowest BCUT2D eigenvalue weighted by Crippen LogP contribution is -2.21. The Hall–Kier alpha value is -3.65. The van der Waals surface area contributed by atoms with E-state index in [-0.39, 0.29) is 17.9 Å². The monoisotopic (exact) mass is 744 g/mol. The summed E-state index contributed by atoms with van der Waals surface area (Å²) in [6.07, 6.45) is 1.59. The highest BCUT2D eigenvalue weighted by Gasteiger charge is 2.14. The van der Waals surface area contributed by atoms with Crippen molar-refractivity contribution < 1.29 is 13.9 Å². The number of hydrogen-bond donors (Lipinski definition) is 1. The van der Waals surface area contributed by atoms with Crippen molar-refractivity contribution >= 4 is 73.9 Å². The Morgan fingerprint density at radius 1 is 0.974 bits per heavy atom. The zero-order valence-electron chi connectivity index (χ0n) is 20.1. The zero-order valence-corrected chi connectivity index (χ0v) is 24.5. The normalized spacial score (nSPS) is 11.2. The minimum absolute atomic E-state index is 0.0929. The number of ether oxygens (including phenoxy) is 1. The van der Waals surface area contributed by atoms with Gasteiger partial charge >= 0.3 is 0 Å². The van der Waals surface area contributed by atoms with Crippen molar-refractivity contribution in [1.82, 2.24) is 9.66 Å². The fourth-order valence-electron chi connectivity index (χ4n) is 3.81. The Bertz CT molecular complexity index is 1750. The number of halogens is 3. The van der Waals surface area contributed by atoms with E-state index in [0.717, 1.165) is 18.3 Å². The zero-order chi connectivity index (χ0) is 27.4. The van der Waals surface area contributed by atoms with Gasteiger partial charge in [0.05, 0.1) is 29.9 Å². The van der Waals surface area contributed by atoms with E-state index in [4.69, 9.17) is 9.72 Å². The van der Waals surface area contributed by atoms with Gasteiger partial charge in [-0.1, -0.05) is 54.6 Å². The number of benzene rings is 4. The van der Waals surface area contributed by atoms with Gasteiger partial charge in [-0.2, -0.15) is 9.78 Å². The number of amides is 1. The predicted octanol–water partition coefficient (Wildman–Crippen LogP) is 6.31. The Kier molecular flexibility index (Phi) is 8.31. The van der Waals surface area contributed by atoms with Gasteiger partial charge in [0.15, 0.2) is 12.4 Å². The molecule has 0 saturated carbocycles. The van der Waals surface area contributed by atoms with E-state index in [0.29, 0.717) is 22.5 Å². The van der Waals surface area contributed by atoms with Crippen LogP contribution in [0.2, 0.25) is 0 Å². The fraction of sp³-hybridized carbons (Fsp3) is 0.0345. The Labute approximate surface area is 250 Å². The SMILES string of the molecule is O=C(COc1c(I)cc(C=Nn2c(-c3ccccc3)nc3ccccc3c2=O)cc1I)Nc1ccccc1F. The van der Waals surface area contributed by atoms with Crippen molar-refractivity contribution in [3.8, 4) is 17.1 Å². The van der Waals surface area contributed by atoms with Gasteiger partial charge in [0.2, 0.25) is 0 Å². The summed E-state index contributed by atoms with van der Waals surface area (Å²) in [6.45, 7) is -0.285. The molecule has 1 amide bonds. The number of nitrogens with one attached hydrogen (secondary N) is 1. The molecule has 5 aromatic rings. The molecule has 0 radical (unpaired) electrons. The van der Waals surface area contributed by atoms with Gasteiger partial charge in [-0.05, 0) is 87.1 Å². The maximum atomic E-state index is 13.8. The van der Waals surface area contributed by atoms with Gasteiger partial charge in [-0.15, -0.1) is 0 Å². The van der Waals surface area contributed by atoms with Gasteiger partial charge in [0.25, 0.3) is 11.5 Å². The van der Waals surface area contributed by atoms with Crippen LogP contribution in [0.1, 0.15) is 5.56 Å². The number of rotatable bonds is 7. The first kappa shape index (κ1) is 26.9. The molecule has 39 heavy (non-hydrogen) atoms. The van der Waals surface area contributed by atoms with Crippen molar-refractivity contribution in [3.63, 3.8) is 0 Å². The van der Waals surface area contributed by atoms with E-state index in [2.05, 4.69) is 55.6 Å². The van der Waals surface area contributed by atoms with E-state index >= 15 is 0 Å². The van der Waals surface area contributed by atoms with E-state index in [1.165, 1.54) is 16.8 Å². The highest BCUT2D eigenvalue weighted by molar-refractivity contribution is 14.1. The lowest BCUT2D eigenvalue weighted by Gasteiger charge is -2.12. The summed E-state index contributed by atoms with van der Waals surface area (Å²) in [5.41, 5.74) is 1.90. The standard InChI is InChI=1S/C29H19FI2N4O3/c30-21-11-5-7-13-25(21)34-26(37)17-39-27-22(31)14-18(15-23(27)32)16-33-36-28(19-8-2-1-3-9-19)35-24-12-6-4-10-20(24)29(36)38/h1-16H,17H2,(H,34,37). The van der Waals surface area contributed by atoms with Crippen LogP contribution in [0, 0.1) is 13.0 Å². The summed E-state index contributed by atoms with van der Waals surface area (Å²) in [4.78, 5) is 30.4. The number of hydrogen-bond acceptors (Lipinski definition) is 5. The molecule has 1 N–H and O–H groups in total. The largest absolute Gasteiger partial charge is 0.482 e. The molecule has 0 bridgehead atoms. The van der Waals surface area contributed by atoms with Crippen LogP contribution in [0.3, 0.4) is 0 Å². The molecular formula is C29H19FI2N4O3. The van der Waals surface area contributed by atoms with Crippen LogP contribution >= 0.6 is 45.2 Å². The van der Waals surface area contributed by atoms with Crippen molar-refractivity contribution in [2.45, 2.75) is 0 Å². The number of fused-ring (bicyclic) bond motifs is 1. The summed E-state index contributed by atoms with van der Waals surface area (Å²) >= 11 is 4.22. The van der Waals surface area contributed by atoms with Gasteiger partial charge in [0.1, 0.15) is 11.6 Å². The van der Waals surface area contributed by atoms with Crippen LogP contribution in [0.4, 0.5) is 10.1 Å². The molecule has 0 aliphatic heterocycles. The second-order valence-corrected chi connectivity index (χ2v) is 10.6. The maximum Gasteiger partial charge on any atom is 0.282 e. The molecule has 10 heteroatoms. The number of para-hydroxylation sites is 2. The minimum Gasteiger partial charge on any atom is -0.482 e. The number of carbonyl (C=O) groups excluding carboxylic acids is 1. The third kappa shape index (κ3) is 6.17. The van der Waals surface area contributed by atoms with Crippen molar-refractivity contribution in [3.05, 3.63) is 120 Å². The topological polar surface area (TPSA) is 85.6 Å². The summed E-state index contributed by atoms with van der Waals surface area (Å²) < 4.78 is 22.3. The molecule has 1 heterocycles. The van der Waals surface area contributed by atoms with Crippen molar-refractivity contribution in [1.29, 1.82) is 0 Å². The Morgan fingerprint density at radius 3 is 2.38 bits per heavy atom. The van der Waals surface area contributed by atoms with Gasteiger partial charge < -0.3 is 10.1 Å². The van der Waals surface area contributed by atoms with Gasteiger partial charge in [-0.25, -0.2) is 9.37 Å². The van der Waals surface area contributed by atoms with E-state index in [1.54, 1.807) is 36.5 Å². The lowest BCUT2D eigenvalue weighted by atomic mass is 10.2. The molecule has 0 unspecified atom stereocenters. The smallest absolute Gasteiger partial charge is 0.282 e. The second kappa shape index (κ2) is 12.0. The molecule has 5 rings (SSSR count). The quantitative estimate of drug-likeness (QED) is 0.157. The third-order valence-electron chi connectivity index (χ3n) is 5.62. The first-order valence-electron chi connectivity index (χ1n) is 11.7. The van der Waals surface area contributed by atoms with Crippen LogP contribution < -0.4 is 15.6 Å². The van der Waals surface area contributed by atoms with E-state index in [1.807, 2.05) is 48.5 Å². The lowest BCUT2D eigenvalue weighted by molar-refractivity contribution is -0.118. The van der Waals surface area contributed by atoms with Crippen LogP contribution in [0.15, 0.2) is 101 Å². The predicted molar refractivity (Wildman–Crippen MR) is 167 cm³/mol. The molecular weight excluding hydrogens is 725 g/mol. The highest BCUT2D eigenvalue weighted by Crippen LogP contribution is 2.29. The summed E-state index contributed by atoms with van der Waals surface area (Å²) in [6, 6.07) is 26.2. The second-order valence-electron chi connectivity index (χ2n) is 8.31. The molecule has 0 aliphatic carbocycles. The number of aromatic nitrogens is 2. The first-order valence-corrected chi connectivity index (χ1v) is 13.8. The van der Waals surface area contributed by atoms with Gasteiger partial charge in [-0.3, -0.25) is 9.59 Å². The molecule has 194 valence electrons. The molecule has 1 aromatic heterocycles. The van der Waals surface area contributed by atoms with E-state index < -0.39 is 11.7 Å².